The number of nitrogens with one attached hydrogen (secondary N) is 2. The van der Waals surface area contributed by atoms with Gasteiger partial charge in [0.15, 0.2) is 6.61 Å². The number of rotatable bonds is 5. The van der Waals surface area contributed by atoms with Crippen LogP contribution in [0.4, 0.5) is 11.5 Å². The maximum absolute atomic E-state index is 11.1. The van der Waals surface area contributed by atoms with Crippen molar-refractivity contribution < 1.29 is 9.53 Å². The van der Waals surface area contributed by atoms with E-state index in [-0.39, 0.29) is 17.8 Å². The van der Waals surface area contributed by atoms with Crippen molar-refractivity contribution in [2.24, 2.45) is 5.84 Å². The number of carbonyl (C=O) groups is 1. The molecule has 0 aliphatic heterocycles. The highest BCUT2D eigenvalue weighted by atomic mass is 35.5. The molecule has 0 atom stereocenters. The molecule has 2 aromatic rings. The average molecular weight is 322 g/mol. The highest BCUT2D eigenvalue weighted by Crippen LogP contribution is 2.24. The number of hydrogen-bond acceptors (Lipinski definition) is 6. The molecule has 0 saturated carbocycles. The van der Waals surface area contributed by atoms with Crippen molar-refractivity contribution >= 4 is 29.0 Å². The van der Waals surface area contributed by atoms with Crippen molar-refractivity contribution in [2.45, 2.75) is 13.8 Å². The van der Waals surface area contributed by atoms with Crippen molar-refractivity contribution in [3.05, 3.63) is 40.5 Å². The molecule has 22 heavy (non-hydrogen) atoms. The lowest BCUT2D eigenvalue weighted by molar-refractivity contribution is -0.123. The molecule has 0 spiro atoms. The van der Waals surface area contributed by atoms with Gasteiger partial charge in [-0.25, -0.2) is 5.84 Å². The molecule has 2 rings (SSSR count). The first-order valence-electron chi connectivity index (χ1n) is 6.49. The first-order chi connectivity index (χ1) is 10.5. The zero-order chi connectivity index (χ0) is 16.1. The van der Waals surface area contributed by atoms with Gasteiger partial charge in [-0.2, -0.15) is 9.97 Å². The molecular weight excluding hydrogens is 306 g/mol. The van der Waals surface area contributed by atoms with Gasteiger partial charge in [-0.1, -0.05) is 23.7 Å². The maximum atomic E-state index is 11.1. The van der Waals surface area contributed by atoms with Crippen molar-refractivity contribution in [2.75, 3.05) is 11.9 Å². The molecule has 1 aromatic heterocycles. The third-order valence-electron chi connectivity index (χ3n) is 3.04. The highest BCUT2D eigenvalue weighted by molar-refractivity contribution is 6.29. The number of hydrogen-bond donors (Lipinski definition) is 3. The number of benzene rings is 1. The van der Waals surface area contributed by atoms with Gasteiger partial charge in [0.1, 0.15) is 11.0 Å². The van der Waals surface area contributed by atoms with Gasteiger partial charge in [0.25, 0.3) is 5.91 Å². The van der Waals surface area contributed by atoms with Crippen molar-refractivity contribution in [1.82, 2.24) is 15.4 Å². The van der Waals surface area contributed by atoms with Crippen LogP contribution in [-0.2, 0) is 4.79 Å². The minimum Gasteiger partial charge on any atom is -0.453 e. The Kier molecular flexibility index (Phi) is 5.13. The second-order valence-corrected chi connectivity index (χ2v) is 4.97. The third kappa shape index (κ3) is 4.06. The van der Waals surface area contributed by atoms with Crippen LogP contribution >= 0.6 is 11.6 Å². The molecule has 0 aliphatic carbocycles. The van der Waals surface area contributed by atoms with Crippen LogP contribution in [0.3, 0.4) is 0 Å². The standard InChI is InChI=1S/C14H16ClN5O2/c1-8-4-3-5-10(9(8)2)17-12-6-11(15)18-14(19-12)22-7-13(21)20-16/h3-6H,7,16H2,1-2H3,(H,20,21)(H,17,18,19). The molecule has 0 fully saturated rings. The van der Waals surface area contributed by atoms with Crippen LogP contribution in [0.2, 0.25) is 5.15 Å². The van der Waals surface area contributed by atoms with E-state index in [4.69, 9.17) is 22.2 Å². The molecule has 1 heterocycles. The largest absolute Gasteiger partial charge is 0.453 e. The van der Waals surface area contributed by atoms with Gasteiger partial charge < -0.3 is 10.1 Å². The summed E-state index contributed by atoms with van der Waals surface area (Å²) in [6.45, 7) is 3.73. The van der Waals surface area contributed by atoms with Crippen LogP contribution in [0, 0.1) is 13.8 Å². The van der Waals surface area contributed by atoms with Crippen molar-refractivity contribution in [3.8, 4) is 6.01 Å². The monoisotopic (exact) mass is 321 g/mol. The molecule has 0 aliphatic rings. The van der Waals surface area contributed by atoms with Gasteiger partial charge in [0, 0.05) is 11.8 Å². The zero-order valence-electron chi connectivity index (χ0n) is 12.2. The Hall–Kier alpha value is -2.38. The Morgan fingerprint density at radius 3 is 2.86 bits per heavy atom. The Morgan fingerprint density at radius 2 is 2.14 bits per heavy atom. The third-order valence-corrected chi connectivity index (χ3v) is 3.23. The summed E-state index contributed by atoms with van der Waals surface area (Å²) in [6, 6.07) is 7.45. The molecule has 0 bridgehead atoms. The van der Waals surface area contributed by atoms with E-state index in [0.29, 0.717) is 5.82 Å². The summed E-state index contributed by atoms with van der Waals surface area (Å²) in [7, 11) is 0. The van der Waals surface area contributed by atoms with Crippen molar-refractivity contribution in [1.29, 1.82) is 0 Å². The molecular formula is C14H16ClN5O2. The van der Waals surface area contributed by atoms with Crippen LogP contribution < -0.4 is 21.3 Å². The van der Waals surface area contributed by atoms with E-state index < -0.39 is 5.91 Å². The number of amides is 1. The Balaban J connectivity index is 2.19. The Labute approximate surface area is 132 Å². The predicted molar refractivity (Wildman–Crippen MR) is 84.1 cm³/mol. The summed E-state index contributed by atoms with van der Waals surface area (Å²) in [5, 5.41) is 3.36. The fraction of sp³-hybridized carbons (Fsp3) is 0.214. The lowest BCUT2D eigenvalue weighted by atomic mass is 10.1. The molecule has 116 valence electrons. The number of ether oxygens (including phenoxy) is 1. The van der Waals surface area contributed by atoms with Crippen LogP contribution in [0.5, 0.6) is 6.01 Å². The molecule has 4 N–H and O–H groups in total. The fourth-order valence-electron chi connectivity index (χ4n) is 1.72. The number of aromatic nitrogens is 2. The van der Waals surface area contributed by atoms with E-state index in [2.05, 4.69) is 15.3 Å². The molecule has 1 amide bonds. The first kappa shape index (κ1) is 16.0. The zero-order valence-corrected chi connectivity index (χ0v) is 12.9. The van der Waals surface area contributed by atoms with Crippen molar-refractivity contribution in [3.63, 3.8) is 0 Å². The predicted octanol–water partition coefficient (Wildman–Crippen LogP) is 1.86. The van der Waals surface area contributed by atoms with E-state index in [1.165, 1.54) is 0 Å². The molecule has 0 saturated heterocycles. The number of nitrogens with zero attached hydrogens (tertiary/aromatic N) is 2. The van der Waals surface area contributed by atoms with E-state index in [0.717, 1.165) is 16.8 Å². The summed E-state index contributed by atoms with van der Waals surface area (Å²) < 4.78 is 5.13. The van der Waals surface area contributed by atoms with Crippen LogP contribution in [0.25, 0.3) is 0 Å². The highest BCUT2D eigenvalue weighted by Gasteiger charge is 2.08. The Bertz CT molecular complexity index is 693. The number of anilines is 2. The Morgan fingerprint density at radius 1 is 1.36 bits per heavy atom. The fourth-order valence-corrected chi connectivity index (χ4v) is 1.90. The van der Waals surface area contributed by atoms with Gasteiger partial charge in [-0.15, -0.1) is 0 Å². The van der Waals surface area contributed by atoms with E-state index in [1.807, 2.05) is 37.5 Å². The maximum Gasteiger partial charge on any atom is 0.320 e. The number of carbonyl (C=O) groups excluding carboxylic acids is 1. The van der Waals surface area contributed by atoms with Crippen LogP contribution in [0.1, 0.15) is 11.1 Å². The lowest BCUT2D eigenvalue weighted by Gasteiger charge is -2.12. The normalized spacial score (nSPS) is 10.2. The molecule has 0 unspecified atom stereocenters. The summed E-state index contributed by atoms with van der Waals surface area (Å²) >= 11 is 5.94. The number of aryl methyl sites for hydroxylation is 1. The molecule has 0 radical (unpaired) electrons. The van der Waals surface area contributed by atoms with Gasteiger partial charge in [-0.3, -0.25) is 10.2 Å². The number of nitrogens with two attached hydrogens (primary N) is 1. The number of halogens is 1. The van der Waals surface area contributed by atoms with Crippen LogP contribution in [-0.4, -0.2) is 22.5 Å². The van der Waals surface area contributed by atoms with Gasteiger partial charge in [0.05, 0.1) is 0 Å². The minimum absolute atomic E-state index is 0.0103. The average Bonchev–Trinajstić information content (AvgIpc) is 2.49. The first-order valence-corrected chi connectivity index (χ1v) is 6.87. The summed E-state index contributed by atoms with van der Waals surface area (Å²) in [5.74, 6) is 4.95. The molecule has 1 aromatic carbocycles. The second-order valence-electron chi connectivity index (χ2n) is 4.59. The van der Waals surface area contributed by atoms with E-state index in [9.17, 15) is 4.79 Å². The summed E-state index contributed by atoms with van der Waals surface area (Å²) in [4.78, 5) is 19.1. The van der Waals surface area contributed by atoms with Gasteiger partial charge in [0.2, 0.25) is 0 Å². The van der Waals surface area contributed by atoms with Gasteiger partial charge in [-0.05, 0) is 31.0 Å². The van der Waals surface area contributed by atoms with E-state index >= 15 is 0 Å². The number of hydrazine groups is 1. The van der Waals surface area contributed by atoms with Gasteiger partial charge >= 0.3 is 6.01 Å². The van der Waals surface area contributed by atoms with Crippen LogP contribution in [0.15, 0.2) is 24.3 Å². The smallest absolute Gasteiger partial charge is 0.320 e. The quantitative estimate of drug-likeness (QED) is 0.336. The SMILES string of the molecule is Cc1cccc(Nc2cc(Cl)nc(OCC(=O)NN)n2)c1C. The summed E-state index contributed by atoms with van der Waals surface area (Å²) in [6.07, 6.45) is 0. The molecule has 7 nitrogen and oxygen atoms in total. The molecule has 8 heteroatoms. The second kappa shape index (κ2) is 7.06. The lowest BCUT2D eigenvalue weighted by Crippen LogP contribution is -2.34. The topological polar surface area (TPSA) is 102 Å². The summed E-state index contributed by atoms with van der Waals surface area (Å²) in [5.41, 5.74) is 5.11. The van der Waals surface area contributed by atoms with E-state index in [1.54, 1.807) is 6.07 Å². The minimum atomic E-state index is -0.493.